The van der Waals surface area contributed by atoms with Gasteiger partial charge in [-0.1, -0.05) is 36.9 Å². The molecule has 14 heavy (non-hydrogen) atoms. The maximum Gasteiger partial charge on any atom is 0.421 e. The zero-order valence-electron chi connectivity index (χ0n) is 7.34. The van der Waals surface area contributed by atoms with E-state index in [0.717, 1.165) is 5.56 Å². The van der Waals surface area contributed by atoms with Crippen molar-refractivity contribution in [3.8, 4) is 0 Å². The number of alkyl halides is 3. The Morgan fingerprint density at radius 3 is 2.29 bits per heavy atom. The Morgan fingerprint density at radius 1 is 1.21 bits per heavy atom. The van der Waals surface area contributed by atoms with Crippen LogP contribution in [0.5, 0.6) is 0 Å². The Morgan fingerprint density at radius 2 is 1.79 bits per heavy atom. The summed E-state index contributed by atoms with van der Waals surface area (Å²) in [5.41, 5.74) is 0.864. The molecule has 76 valence electrons. The van der Waals surface area contributed by atoms with Crippen LogP contribution in [0.15, 0.2) is 41.8 Å². The van der Waals surface area contributed by atoms with Gasteiger partial charge in [-0.3, -0.25) is 0 Å². The molecule has 0 aliphatic heterocycles. The topological polar surface area (TPSA) is 0 Å². The molecule has 0 atom stereocenters. The molecule has 0 saturated heterocycles. The summed E-state index contributed by atoms with van der Waals surface area (Å²) in [5, 5.41) is 0. The predicted octanol–water partition coefficient (Wildman–Crippen LogP) is 4.00. The first kappa shape index (κ1) is 11.2. The summed E-state index contributed by atoms with van der Waals surface area (Å²) in [4.78, 5) is -0.749. The minimum absolute atomic E-state index is 0.305. The van der Waals surface area contributed by atoms with Crippen LogP contribution in [-0.4, -0.2) is 6.18 Å². The van der Waals surface area contributed by atoms with Crippen LogP contribution in [-0.2, 0) is 5.75 Å². The van der Waals surface area contributed by atoms with Gasteiger partial charge in [-0.2, -0.15) is 13.2 Å². The largest absolute Gasteiger partial charge is 0.421 e. The molecule has 0 fully saturated rings. The molecule has 0 heterocycles. The van der Waals surface area contributed by atoms with E-state index in [1.807, 2.05) is 6.07 Å². The first-order chi connectivity index (χ1) is 6.50. The van der Waals surface area contributed by atoms with E-state index < -0.39 is 11.1 Å². The van der Waals surface area contributed by atoms with E-state index in [2.05, 4.69) is 6.58 Å². The predicted molar refractivity (Wildman–Crippen MR) is 52.9 cm³/mol. The molecule has 0 saturated carbocycles. The van der Waals surface area contributed by atoms with Gasteiger partial charge in [-0.05, 0) is 5.56 Å². The molecule has 1 aromatic carbocycles. The molecule has 0 N–H and O–H groups in total. The van der Waals surface area contributed by atoms with Crippen LogP contribution in [0.3, 0.4) is 0 Å². The summed E-state index contributed by atoms with van der Waals surface area (Å²) in [6, 6.07) is 9.00. The highest BCUT2D eigenvalue weighted by Gasteiger charge is 2.31. The second kappa shape index (κ2) is 4.55. The summed E-state index contributed by atoms with van der Waals surface area (Å²) in [5.74, 6) is 0.305. The SMILES string of the molecule is C=C(SCc1ccccc1)C(F)(F)F. The van der Waals surface area contributed by atoms with Crippen molar-refractivity contribution >= 4 is 11.8 Å². The Labute approximate surface area is 84.8 Å². The zero-order chi connectivity index (χ0) is 10.6. The number of benzene rings is 1. The lowest BCUT2D eigenvalue weighted by Gasteiger charge is -2.08. The van der Waals surface area contributed by atoms with Crippen LogP contribution in [0, 0.1) is 0 Å². The van der Waals surface area contributed by atoms with Crippen molar-refractivity contribution in [2.45, 2.75) is 11.9 Å². The van der Waals surface area contributed by atoms with Gasteiger partial charge in [-0.25, -0.2) is 0 Å². The monoisotopic (exact) mass is 218 g/mol. The van der Waals surface area contributed by atoms with Gasteiger partial charge in [0, 0.05) is 5.75 Å². The molecule has 4 heteroatoms. The molecule has 1 aromatic rings. The Hall–Kier alpha value is -0.900. The lowest BCUT2D eigenvalue weighted by Crippen LogP contribution is -2.07. The summed E-state index contributed by atoms with van der Waals surface area (Å²) in [6.45, 7) is 2.98. The fourth-order valence-corrected chi connectivity index (χ4v) is 1.52. The van der Waals surface area contributed by atoms with Crippen molar-refractivity contribution in [2.24, 2.45) is 0 Å². The number of thioether (sulfide) groups is 1. The van der Waals surface area contributed by atoms with Crippen molar-refractivity contribution in [1.82, 2.24) is 0 Å². The highest BCUT2D eigenvalue weighted by atomic mass is 32.2. The fraction of sp³-hybridized carbons (Fsp3) is 0.200. The molecule has 0 bridgehead atoms. The third-order valence-corrected chi connectivity index (χ3v) is 2.63. The number of allylic oxidation sites excluding steroid dienone is 1. The van der Waals surface area contributed by atoms with Crippen LogP contribution in [0.2, 0.25) is 0 Å². The lowest BCUT2D eigenvalue weighted by atomic mass is 10.2. The van der Waals surface area contributed by atoms with Gasteiger partial charge in [0.05, 0.1) is 4.91 Å². The molecule has 0 aliphatic carbocycles. The van der Waals surface area contributed by atoms with Gasteiger partial charge in [-0.15, -0.1) is 11.8 Å². The van der Waals surface area contributed by atoms with Gasteiger partial charge < -0.3 is 0 Å². The average molecular weight is 218 g/mol. The highest BCUT2D eigenvalue weighted by Crippen LogP contribution is 2.34. The molecule has 1 rings (SSSR count). The molecular weight excluding hydrogens is 209 g/mol. The molecular formula is C10H9F3S. The molecule has 0 aliphatic rings. The Kier molecular flexibility index (Phi) is 3.63. The van der Waals surface area contributed by atoms with Crippen LogP contribution < -0.4 is 0 Å². The summed E-state index contributed by atoms with van der Waals surface area (Å²) < 4.78 is 36.1. The van der Waals surface area contributed by atoms with E-state index in [1.54, 1.807) is 24.3 Å². The normalized spacial score (nSPS) is 11.4. The minimum Gasteiger partial charge on any atom is -0.166 e. The number of rotatable bonds is 3. The summed E-state index contributed by atoms with van der Waals surface area (Å²) in [7, 11) is 0. The molecule has 0 unspecified atom stereocenters. The van der Waals surface area contributed by atoms with Gasteiger partial charge in [0.1, 0.15) is 0 Å². The highest BCUT2D eigenvalue weighted by molar-refractivity contribution is 8.02. The van der Waals surface area contributed by atoms with Crippen molar-refractivity contribution in [3.63, 3.8) is 0 Å². The third-order valence-electron chi connectivity index (χ3n) is 1.57. The first-order valence-corrected chi connectivity index (χ1v) is 4.91. The standard InChI is InChI=1S/C10H9F3S/c1-8(10(11,12)13)14-7-9-5-3-2-4-6-9/h2-6H,1,7H2. The fourth-order valence-electron chi connectivity index (χ4n) is 0.827. The molecule has 0 spiro atoms. The zero-order valence-corrected chi connectivity index (χ0v) is 8.16. The second-order valence-corrected chi connectivity index (χ2v) is 3.77. The van der Waals surface area contributed by atoms with Crippen molar-refractivity contribution in [3.05, 3.63) is 47.4 Å². The number of hydrogen-bond donors (Lipinski definition) is 0. The van der Waals surface area contributed by atoms with E-state index >= 15 is 0 Å². The Balaban J connectivity index is 2.46. The van der Waals surface area contributed by atoms with Gasteiger partial charge in [0.15, 0.2) is 0 Å². The lowest BCUT2D eigenvalue weighted by molar-refractivity contribution is -0.0832. The van der Waals surface area contributed by atoms with Crippen molar-refractivity contribution in [2.75, 3.05) is 0 Å². The van der Waals surface area contributed by atoms with E-state index in [-0.39, 0.29) is 0 Å². The van der Waals surface area contributed by atoms with Crippen LogP contribution in [0.25, 0.3) is 0 Å². The number of halogens is 3. The van der Waals surface area contributed by atoms with Gasteiger partial charge >= 0.3 is 6.18 Å². The molecule has 0 radical (unpaired) electrons. The number of hydrogen-bond acceptors (Lipinski definition) is 1. The second-order valence-electron chi connectivity index (χ2n) is 2.70. The summed E-state index contributed by atoms with van der Waals surface area (Å²) >= 11 is 0.717. The van der Waals surface area contributed by atoms with Crippen LogP contribution in [0.4, 0.5) is 13.2 Å². The van der Waals surface area contributed by atoms with E-state index in [1.165, 1.54) is 0 Å². The molecule has 0 aromatic heterocycles. The third kappa shape index (κ3) is 3.46. The van der Waals surface area contributed by atoms with Crippen molar-refractivity contribution < 1.29 is 13.2 Å². The maximum atomic E-state index is 12.0. The first-order valence-electron chi connectivity index (χ1n) is 3.93. The van der Waals surface area contributed by atoms with Crippen molar-refractivity contribution in [1.29, 1.82) is 0 Å². The summed E-state index contributed by atoms with van der Waals surface area (Å²) in [6.07, 6.45) is -4.29. The van der Waals surface area contributed by atoms with E-state index in [4.69, 9.17) is 0 Å². The smallest absolute Gasteiger partial charge is 0.166 e. The van der Waals surface area contributed by atoms with E-state index in [9.17, 15) is 13.2 Å². The molecule has 0 amide bonds. The van der Waals surface area contributed by atoms with Gasteiger partial charge in [0.25, 0.3) is 0 Å². The minimum atomic E-state index is -4.29. The maximum absolute atomic E-state index is 12.0. The molecule has 0 nitrogen and oxygen atoms in total. The van der Waals surface area contributed by atoms with Crippen LogP contribution in [0.1, 0.15) is 5.56 Å². The van der Waals surface area contributed by atoms with Crippen LogP contribution >= 0.6 is 11.8 Å². The quantitative estimate of drug-likeness (QED) is 0.739. The average Bonchev–Trinajstić information content (AvgIpc) is 2.14. The van der Waals surface area contributed by atoms with E-state index in [0.29, 0.717) is 17.5 Å². The Bertz CT molecular complexity index is 303. The van der Waals surface area contributed by atoms with Gasteiger partial charge in [0.2, 0.25) is 0 Å².